The van der Waals surface area contributed by atoms with E-state index in [9.17, 15) is 18.8 Å². The van der Waals surface area contributed by atoms with E-state index in [1.54, 1.807) is 12.1 Å². The number of nitrogens with zero attached hydrogens (tertiary/aromatic N) is 2. The highest BCUT2D eigenvalue weighted by Gasteiger charge is 2.37. The molecular formula is C28H30FN3O3S. The number of imide groups is 1. The zero-order chi connectivity index (χ0) is 26.4. The van der Waals surface area contributed by atoms with Crippen LogP contribution in [0.5, 0.6) is 0 Å². The summed E-state index contributed by atoms with van der Waals surface area (Å²) in [6.07, 6.45) is 3.96. The third-order valence-corrected chi connectivity index (χ3v) is 7.29. The first-order valence-corrected chi connectivity index (χ1v) is 12.6. The van der Waals surface area contributed by atoms with E-state index in [1.807, 2.05) is 6.92 Å². The van der Waals surface area contributed by atoms with Crippen molar-refractivity contribution in [3.63, 3.8) is 0 Å². The maximum absolute atomic E-state index is 13.8. The topological polar surface area (TPSA) is 69.7 Å². The Morgan fingerprint density at radius 1 is 1.17 bits per heavy atom. The lowest BCUT2D eigenvalue weighted by Gasteiger charge is -2.46. The number of anilines is 2. The van der Waals surface area contributed by atoms with Crippen LogP contribution in [0.1, 0.15) is 51.3 Å². The van der Waals surface area contributed by atoms with Crippen LogP contribution in [-0.2, 0) is 9.59 Å². The molecule has 1 fully saturated rings. The summed E-state index contributed by atoms with van der Waals surface area (Å²) in [7, 11) is 0. The van der Waals surface area contributed by atoms with Gasteiger partial charge in [-0.2, -0.15) is 0 Å². The number of carbonyl (C=O) groups is 3. The van der Waals surface area contributed by atoms with Crippen molar-refractivity contribution in [1.29, 1.82) is 0 Å². The van der Waals surface area contributed by atoms with Gasteiger partial charge in [0.2, 0.25) is 5.91 Å². The first-order valence-electron chi connectivity index (χ1n) is 11.8. The normalized spacial score (nSPS) is 18.1. The van der Waals surface area contributed by atoms with Crippen LogP contribution in [0.25, 0.3) is 11.6 Å². The van der Waals surface area contributed by atoms with E-state index >= 15 is 0 Å². The van der Waals surface area contributed by atoms with E-state index in [4.69, 9.17) is 0 Å². The van der Waals surface area contributed by atoms with Crippen molar-refractivity contribution < 1.29 is 18.8 Å². The molecule has 0 aliphatic carbocycles. The lowest BCUT2D eigenvalue weighted by atomic mass is 9.86. The van der Waals surface area contributed by atoms with Crippen molar-refractivity contribution in [2.75, 3.05) is 16.8 Å². The summed E-state index contributed by atoms with van der Waals surface area (Å²) in [5.41, 5.74) is 5.06. The minimum Gasteiger partial charge on any atom is -0.360 e. The van der Waals surface area contributed by atoms with Crippen LogP contribution in [0.2, 0.25) is 0 Å². The van der Waals surface area contributed by atoms with Gasteiger partial charge in [-0.3, -0.25) is 19.3 Å². The molecule has 4 rings (SSSR count). The summed E-state index contributed by atoms with van der Waals surface area (Å²) in [5, 5.41) is 1.88. The van der Waals surface area contributed by atoms with Crippen LogP contribution < -0.4 is 10.2 Å². The second-order valence-electron chi connectivity index (χ2n) is 9.97. The van der Waals surface area contributed by atoms with Crippen LogP contribution in [-0.4, -0.2) is 40.1 Å². The molecular weight excluding hydrogens is 477 g/mol. The number of benzene rings is 2. The third kappa shape index (κ3) is 4.82. The minimum atomic E-state index is -0.647. The maximum atomic E-state index is 13.8. The van der Waals surface area contributed by atoms with Gasteiger partial charge in [0.25, 0.3) is 11.1 Å². The molecule has 0 saturated carbocycles. The fourth-order valence-electron chi connectivity index (χ4n) is 4.98. The number of hydrogen-bond donors (Lipinski definition) is 1. The van der Waals surface area contributed by atoms with E-state index < -0.39 is 29.4 Å². The number of halogens is 1. The van der Waals surface area contributed by atoms with E-state index in [0.29, 0.717) is 6.04 Å². The van der Waals surface area contributed by atoms with Gasteiger partial charge in [0, 0.05) is 17.3 Å². The molecule has 0 bridgehead atoms. The highest BCUT2D eigenvalue weighted by atomic mass is 32.2. The average Bonchev–Trinajstić information content (AvgIpc) is 3.03. The Hall–Kier alpha value is -3.39. The number of carbonyl (C=O) groups excluding carboxylic acids is 3. The Balaban J connectivity index is 1.59. The summed E-state index contributed by atoms with van der Waals surface area (Å²) in [6.45, 7) is 12.3. The molecule has 8 heteroatoms. The van der Waals surface area contributed by atoms with Crippen molar-refractivity contribution in [3.8, 4) is 0 Å². The summed E-state index contributed by atoms with van der Waals surface area (Å²) in [5.74, 6) is -1.78. The van der Waals surface area contributed by atoms with Crippen molar-refractivity contribution in [3.05, 3.63) is 69.9 Å². The Kier molecular flexibility index (Phi) is 6.84. The van der Waals surface area contributed by atoms with Gasteiger partial charge in [0.1, 0.15) is 12.4 Å². The molecule has 1 N–H and O–H groups in total. The fraction of sp³-hybridized carbons (Fsp3) is 0.321. The minimum absolute atomic E-state index is 0.00302. The van der Waals surface area contributed by atoms with E-state index in [2.05, 4.69) is 63.0 Å². The quantitative estimate of drug-likeness (QED) is 0.487. The number of aryl methyl sites for hydroxylation is 1. The van der Waals surface area contributed by atoms with E-state index in [0.717, 1.165) is 44.6 Å². The molecule has 2 aromatic carbocycles. The molecule has 0 spiro atoms. The Morgan fingerprint density at radius 3 is 2.53 bits per heavy atom. The van der Waals surface area contributed by atoms with E-state index in [1.165, 1.54) is 18.2 Å². The van der Waals surface area contributed by atoms with Crippen molar-refractivity contribution in [2.24, 2.45) is 0 Å². The predicted molar refractivity (Wildman–Crippen MR) is 144 cm³/mol. The second-order valence-corrected chi connectivity index (χ2v) is 11.0. The smallest absolute Gasteiger partial charge is 0.294 e. The average molecular weight is 508 g/mol. The van der Waals surface area contributed by atoms with Gasteiger partial charge in [-0.25, -0.2) is 4.39 Å². The van der Waals surface area contributed by atoms with Crippen LogP contribution >= 0.6 is 11.8 Å². The maximum Gasteiger partial charge on any atom is 0.294 e. The summed E-state index contributed by atoms with van der Waals surface area (Å²) in [4.78, 5) is 41.5. The zero-order valence-electron chi connectivity index (χ0n) is 21.3. The molecule has 2 aromatic rings. The molecule has 0 atom stereocenters. The van der Waals surface area contributed by atoms with Gasteiger partial charge >= 0.3 is 0 Å². The fourth-order valence-corrected chi connectivity index (χ4v) is 5.81. The molecule has 6 nitrogen and oxygen atoms in total. The number of amides is 3. The monoisotopic (exact) mass is 507 g/mol. The number of para-hydroxylation sites is 1. The SMILES string of the molecule is CC1=CC(C)(C)N(C(C)C)c2cc(C)c(/C=C3\SC(=O)N(CC(=O)Nc4ccccc4F)C3=O)cc21. The van der Waals surface area contributed by atoms with E-state index in [-0.39, 0.29) is 16.1 Å². The molecule has 3 amide bonds. The van der Waals surface area contributed by atoms with Crippen molar-refractivity contribution in [1.82, 2.24) is 4.90 Å². The lowest BCUT2D eigenvalue weighted by molar-refractivity contribution is -0.127. The number of nitrogens with one attached hydrogen (secondary N) is 1. The number of hydrogen-bond acceptors (Lipinski definition) is 5. The molecule has 2 aliphatic rings. The van der Waals surface area contributed by atoms with Gasteiger partial charge in [-0.15, -0.1) is 0 Å². The number of fused-ring (bicyclic) bond motifs is 1. The van der Waals surface area contributed by atoms with Crippen molar-refractivity contribution in [2.45, 2.75) is 53.1 Å². The van der Waals surface area contributed by atoms with Gasteiger partial charge in [-0.1, -0.05) is 18.2 Å². The first-order chi connectivity index (χ1) is 16.9. The molecule has 36 heavy (non-hydrogen) atoms. The lowest BCUT2D eigenvalue weighted by Crippen LogP contribution is -2.49. The first kappa shape index (κ1) is 25.7. The summed E-state index contributed by atoms with van der Waals surface area (Å²) < 4.78 is 13.8. The highest BCUT2D eigenvalue weighted by molar-refractivity contribution is 8.18. The standard InChI is InChI=1S/C28H30FN3O3S/c1-16(2)32-23-11-17(3)19(12-20(23)18(4)14-28(32,5)6)13-24-26(34)31(27(35)36-24)15-25(33)30-22-10-8-7-9-21(22)29/h7-14,16H,15H2,1-6H3,(H,30,33)/b24-13-. The van der Waals surface area contributed by atoms with Gasteiger partial charge in [0.05, 0.1) is 16.1 Å². The highest BCUT2D eigenvalue weighted by Crippen LogP contribution is 2.42. The Bertz CT molecular complexity index is 1330. The van der Waals surface area contributed by atoms with Crippen LogP contribution in [0.4, 0.5) is 20.6 Å². The van der Waals surface area contributed by atoms with Gasteiger partial charge < -0.3 is 10.2 Å². The van der Waals surface area contributed by atoms with Crippen molar-refractivity contribution >= 4 is 51.8 Å². The molecule has 2 heterocycles. The van der Waals surface area contributed by atoms with Crippen LogP contribution in [0, 0.1) is 12.7 Å². The Labute approximate surface area is 215 Å². The number of thioether (sulfide) groups is 1. The van der Waals surface area contributed by atoms with Gasteiger partial charge in [0.15, 0.2) is 0 Å². The summed E-state index contributed by atoms with van der Waals surface area (Å²) >= 11 is 0.800. The molecule has 1 saturated heterocycles. The molecule has 2 aliphatic heterocycles. The summed E-state index contributed by atoms with van der Waals surface area (Å²) in [6, 6.07) is 10.2. The zero-order valence-corrected chi connectivity index (χ0v) is 22.1. The molecule has 188 valence electrons. The number of rotatable bonds is 5. The second kappa shape index (κ2) is 9.58. The molecule has 0 unspecified atom stereocenters. The third-order valence-electron chi connectivity index (χ3n) is 6.39. The molecule has 0 radical (unpaired) electrons. The largest absolute Gasteiger partial charge is 0.360 e. The predicted octanol–water partition coefficient (Wildman–Crippen LogP) is 6.22. The van der Waals surface area contributed by atoms with Gasteiger partial charge in [-0.05, 0) is 100 Å². The number of allylic oxidation sites excluding steroid dienone is 1. The Morgan fingerprint density at radius 2 is 1.86 bits per heavy atom. The van der Waals surface area contributed by atoms with Crippen LogP contribution in [0.15, 0.2) is 47.4 Å². The van der Waals surface area contributed by atoms with Crippen LogP contribution in [0.3, 0.4) is 0 Å². The molecule has 0 aromatic heterocycles.